The number of benzene rings is 2. The van der Waals surface area contributed by atoms with E-state index in [9.17, 15) is 4.79 Å². The summed E-state index contributed by atoms with van der Waals surface area (Å²) in [5.41, 5.74) is 4.11. The number of carbonyl (C=O) groups excluding carboxylic acids is 1. The average molecular weight is 395 g/mol. The number of carbonyl (C=O) groups is 1. The number of quaternary nitrogens is 2. The Bertz CT molecular complexity index is 794. The van der Waals surface area contributed by atoms with Crippen molar-refractivity contribution in [2.24, 2.45) is 0 Å². The van der Waals surface area contributed by atoms with Gasteiger partial charge >= 0.3 is 0 Å². The molecule has 1 amide bonds. The first-order chi connectivity index (χ1) is 14.2. The summed E-state index contributed by atoms with van der Waals surface area (Å²) in [5.74, 6) is 0.329. The Morgan fingerprint density at radius 2 is 1.45 bits per heavy atom. The van der Waals surface area contributed by atoms with Gasteiger partial charge in [0.25, 0.3) is 5.91 Å². The lowest BCUT2D eigenvalue weighted by atomic mass is 10.1. The van der Waals surface area contributed by atoms with Gasteiger partial charge < -0.3 is 19.6 Å². The van der Waals surface area contributed by atoms with Gasteiger partial charge in [0.2, 0.25) is 0 Å². The van der Waals surface area contributed by atoms with Crippen LogP contribution in [0.15, 0.2) is 54.6 Å². The van der Waals surface area contributed by atoms with Gasteiger partial charge in [-0.1, -0.05) is 42.5 Å². The summed E-state index contributed by atoms with van der Waals surface area (Å²) in [6.07, 6.45) is 0. The molecule has 2 N–H and O–H groups in total. The maximum absolute atomic E-state index is 12.8. The Labute approximate surface area is 174 Å². The van der Waals surface area contributed by atoms with E-state index in [1.807, 2.05) is 0 Å². The van der Waals surface area contributed by atoms with E-state index < -0.39 is 0 Å². The first-order valence-electron chi connectivity index (χ1n) is 11.0. The minimum atomic E-state index is 0.329. The highest BCUT2D eigenvalue weighted by Crippen LogP contribution is 2.15. The molecule has 2 aliphatic rings. The minimum Gasteiger partial charge on any atom is -0.368 e. The topological polar surface area (TPSA) is 32.4 Å². The van der Waals surface area contributed by atoms with Crippen molar-refractivity contribution in [1.82, 2.24) is 4.90 Å². The summed E-state index contributed by atoms with van der Waals surface area (Å²) >= 11 is 0. The second kappa shape index (κ2) is 9.42. The fourth-order valence-electron chi connectivity index (χ4n) is 4.57. The number of amides is 1. The van der Waals surface area contributed by atoms with Crippen LogP contribution < -0.4 is 14.7 Å². The number of hydrogen-bond donors (Lipinski definition) is 2. The Balaban J connectivity index is 1.20. The highest BCUT2D eigenvalue weighted by molar-refractivity contribution is 5.77. The first-order valence-corrected chi connectivity index (χ1v) is 11.0. The third-order valence-corrected chi connectivity index (χ3v) is 6.52. The number of rotatable bonds is 5. The smallest absolute Gasteiger partial charge is 0.277 e. The Hall–Kier alpha value is -2.37. The Morgan fingerprint density at radius 3 is 2.14 bits per heavy atom. The van der Waals surface area contributed by atoms with E-state index >= 15 is 0 Å². The van der Waals surface area contributed by atoms with Crippen LogP contribution in [0.1, 0.15) is 11.1 Å². The monoisotopic (exact) mass is 394 g/mol. The molecule has 2 fully saturated rings. The van der Waals surface area contributed by atoms with E-state index in [-0.39, 0.29) is 0 Å². The van der Waals surface area contributed by atoms with Crippen molar-refractivity contribution in [3.8, 4) is 0 Å². The average Bonchev–Trinajstić information content (AvgIpc) is 2.77. The minimum absolute atomic E-state index is 0.329. The van der Waals surface area contributed by atoms with Crippen molar-refractivity contribution < 1.29 is 14.6 Å². The van der Waals surface area contributed by atoms with E-state index in [1.54, 1.807) is 4.90 Å². The molecule has 0 atom stereocenters. The maximum atomic E-state index is 12.8. The van der Waals surface area contributed by atoms with Crippen LogP contribution >= 0.6 is 0 Å². The molecule has 2 aromatic carbocycles. The summed E-state index contributed by atoms with van der Waals surface area (Å²) < 4.78 is 0. The van der Waals surface area contributed by atoms with Crippen LogP contribution in [-0.4, -0.2) is 69.7 Å². The lowest BCUT2D eigenvalue weighted by Gasteiger charge is -2.37. The molecule has 0 saturated carbocycles. The predicted octanol–water partition coefficient (Wildman–Crippen LogP) is -0.373. The van der Waals surface area contributed by atoms with Gasteiger partial charge in [0.05, 0.1) is 0 Å². The molecule has 0 bridgehead atoms. The molecule has 2 aliphatic heterocycles. The molecule has 2 aromatic rings. The van der Waals surface area contributed by atoms with Crippen LogP contribution in [-0.2, 0) is 11.3 Å². The van der Waals surface area contributed by atoms with Crippen LogP contribution in [0.3, 0.4) is 0 Å². The number of nitrogens with zero attached hydrogens (tertiary/aromatic N) is 2. The molecule has 5 heteroatoms. The second-order valence-corrected chi connectivity index (χ2v) is 8.48. The Morgan fingerprint density at radius 1 is 0.828 bits per heavy atom. The fourth-order valence-corrected chi connectivity index (χ4v) is 4.57. The largest absolute Gasteiger partial charge is 0.368 e. The molecule has 4 rings (SSSR count). The zero-order chi connectivity index (χ0) is 20.1. The highest BCUT2D eigenvalue weighted by Gasteiger charge is 2.28. The second-order valence-electron chi connectivity index (χ2n) is 8.48. The van der Waals surface area contributed by atoms with Crippen LogP contribution in [0.25, 0.3) is 0 Å². The highest BCUT2D eigenvalue weighted by atomic mass is 16.2. The molecule has 5 nitrogen and oxygen atoms in total. The number of piperazine rings is 2. The SMILES string of the molecule is Cc1ccccc1C[NH+]1CC[NH+](CC(=O)N2CCN(c3ccccc3)CC2)CC1. The van der Waals surface area contributed by atoms with Gasteiger partial charge in [-0.15, -0.1) is 0 Å². The number of nitrogens with one attached hydrogen (secondary N) is 2. The zero-order valence-electron chi connectivity index (χ0n) is 17.6. The van der Waals surface area contributed by atoms with Gasteiger partial charge in [-0.2, -0.15) is 0 Å². The standard InChI is InChI=1S/C24H32N4O/c1-21-7-5-6-8-22(21)19-25-11-13-26(14-12-25)20-24(29)28-17-15-27(16-18-28)23-9-3-2-4-10-23/h2-10H,11-20H2,1H3/p+2. The van der Waals surface area contributed by atoms with Crippen molar-refractivity contribution in [1.29, 1.82) is 0 Å². The van der Waals surface area contributed by atoms with Crippen molar-refractivity contribution in [3.05, 3.63) is 65.7 Å². The fraction of sp³-hybridized carbons (Fsp3) is 0.458. The van der Waals surface area contributed by atoms with Crippen LogP contribution in [0.2, 0.25) is 0 Å². The normalized spacial score (nSPS) is 22.5. The third-order valence-electron chi connectivity index (χ3n) is 6.52. The van der Waals surface area contributed by atoms with E-state index in [0.717, 1.165) is 58.9 Å². The van der Waals surface area contributed by atoms with Crippen molar-refractivity contribution in [3.63, 3.8) is 0 Å². The number of hydrogen-bond acceptors (Lipinski definition) is 2. The van der Waals surface area contributed by atoms with Gasteiger partial charge in [0.15, 0.2) is 6.54 Å². The molecule has 0 unspecified atom stereocenters. The summed E-state index contributed by atoms with van der Waals surface area (Å²) in [6.45, 7) is 12.0. The third kappa shape index (κ3) is 5.17. The van der Waals surface area contributed by atoms with Gasteiger partial charge in [-0.3, -0.25) is 4.79 Å². The van der Waals surface area contributed by atoms with Gasteiger partial charge in [-0.25, -0.2) is 0 Å². The molecule has 0 aromatic heterocycles. The van der Waals surface area contributed by atoms with E-state index in [4.69, 9.17) is 0 Å². The number of anilines is 1. The molecular formula is C24H34N4O+2. The molecule has 154 valence electrons. The van der Waals surface area contributed by atoms with Crippen LogP contribution in [0, 0.1) is 6.92 Å². The molecule has 2 heterocycles. The summed E-state index contributed by atoms with van der Waals surface area (Å²) in [5, 5.41) is 0. The number of para-hydroxylation sites is 1. The number of aryl methyl sites for hydroxylation is 1. The molecule has 0 aliphatic carbocycles. The molecular weight excluding hydrogens is 360 g/mol. The zero-order valence-corrected chi connectivity index (χ0v) is 17.6. The Kier molecular flexibility index (Phi) is 6.47. The molecule has 0 radical (unpaired) electrons. The van der Waals surface area contributed by atoms with E-state index in [2.05, 4.69) is 71.3 Å². The molecule has 29 heavy (non-hydrogen) atoms. The molecule has 2 saturated heterocycles. The lowest BCUT2D eigenvalue weighted by Crippen LogP contribution is -3.28. The maximum Gasteiger partial charge on any atom is 0.277 e. The van der Waals surface area contributed by atoms with Gasteiger partial charge in [0, 0.05) is 37.4 Å². The van der Waals surface area contributed by atoms with E-state index in [0.29, 0.717) is 12.5 Å². The van der Waals surface area contributed by atoms with Crippen LogP contribution in [0.4, 0.5) is 5.69 Å². The summed E-state index contributed by atoms with van der Waals surface area (Å²) in [6, 6.07) is 19.2. The van der Waals surface area contributed by atoms with Crippen molar-refractivity contribution in [2.45, 2.75) is 13.5 Å². The molecule has 0 spiro atoms. The van der Waals surface area contributed by atoms with E-state index in [1.165, 1.54) is 21.7 Å². The first kappa shape index (κ1) is 19.9. The van der Waals surface area contributed by atoms with Crippen LogP contribution in [0.5, 0.6) is 0 Å². The summed E-state index contributed by atoms with van der Waals surface area (Å²) in [4.78, 5) is 20.4. The predicted molar refractivity (Wildman–Crippen MR) is 116 cm³/mol. The van der Waals surface area contributed by atoms with Crippen molar-refractivity contribution in [2.75, 3.05) is 63.8 Å². The van der Waals surface area contributed by atoms with Crippen molar-refractivity contribution >= 4 is 11.6 Å². The van der Waals surface area contributed by atoms with Gasteiger partial charge in [0.1, 0.15) is 32.7 Å². The lowest BCUT2D eigenvalue weighted by molar-refractivity contribution is -1.02. The summed E-state index contributed by atoms with van der Waals surface area (Å²) in [7, 11) is 0. The quantitative estimate of drug-likeness (QED) is 0.725. The van der Waals surface area contributed by atoms with Gasteiger partial charge in [-0.05, 0) is 24.6 Å².